The summed E-state index contributed by atoms with van der Waals surface area (Å²) in [5, 5.41) is 0. The van der Waals surface area contributed by atoms with Crippen LogP contribution in [0.25, 0.3) is 0 Å². The molecular formula is C7H8F3N3. The quantitative estimate of drug-likeness (QED) is 0.732. The van der Waals surface area contributed by atoms with Crippen LogP contribution in [0.2, 0.25) is 0 Å². The van der Waals surface area contributed by atoms with Crippen LogP contribution in [-0.4, -0.2) is 9.97 Å². The van der Waals surface area contributed by atoms with Crippen molar-refractivity contribution in [3.8, 4) is 0 Å². The summed E-state index contributed by atoms with van der Waals surface area (Å²) >= 11 is 0. The van der Waals surface area contributed by atoms with Gasteiger partial charge in [0.15, 0.2) is 5.69 Å². The van der Waals surface area contributed by atoms with Gasteiger partial charge in [-0.1, -0.05) is 0 Å². The Bertz CT molecular complexity index is 278. The largest absolute Gasteiger partial charge is 0.434 e. The second kappa shape index (κ2) is 3.29. The molecule has 0 aromatic carbocycles. The fourth-order valence-corrected chi connectivity index (χ4v) is 0.720. The first-order valence-electron chi connectivity index (χ1n) is 3.56. The van der Waals surface area contributed by atoms with E-state index in [1.165, 1.54) is 0 Å². The summed E-state index contributed by atoms with van der Waals surface area (Å²) in [5.41, 5.74) is 4.73. The number of hydrogen-bond donors (Lipinski definition) is 1. The molecule has 0 fully saturated rings. The summed E-state index contributed by atoms with van der Waals surface area (Å²) < 4.78 is 36.0. The molecule has 0 saturated heterocycles. The number of aromatic nitrogens is 2. The van der Waals surface area contributed by atoms with Crippen molar-refractivity contribution >= 4 is 0 Å². The van der Waals surface area contributed by atoms with Gasteiger partial charge in [0.25, 0.3) is 0 Å². The molecule has 0 radical (unpaired) electrons. The van der Waals surface area contributed by atoms with E-state index in [0.29, 0.717) is 11.9 Å². The van der Waals surface area contributed by atoms with Crippen LogP contribution in [0.5, 0.6) is 0 Å². The first-order valence-corrected chi connectivity index (χ1v) is 3.56. The fraction of sp³-hybridized carbons (Fsp3) is 0.429. The molecule has 0 unspecified atom stereocenters. The van der Waals surface area contributed by atoms with Gasteiger partial charge >= 0.3 is 6.18 Å². The third-order valence-corrected chi connectivity index (χ3v) is 1.43. The van der Waals surface area contributed by atoms with Crippen LogP contribution in [0.15, 0.2) is 12.4 Å². The molecule has 13 heavy (non-hydrogen) atoms. The number of nitrogens with two attached hydrogens (primary N) is 1. The van der Waals surface area contributed by atoms with Gasteiger partial charge in [0.1, 0.15) is 0 Å². The van der Waals surface area contributed by atoms with Crippen LogP contribution in [-0.2, 0) is 6.18 Å². The van der Waals surface area contributed by atoms with Crippen LogP contribution in [0.3, 0.4) is 0 Å². The normalized spacial score (nSPS) is 14.2. The fourth-order valence-electron chi connectivity index (χ4n) is 0.720. The number of alkyl halides is 3. The van der Waals surface area contributed by atoms with Gasteiger partial charge in [-0.3, -0.25) is 4.98 Å². The minimum absolute atomic E-state index is 0.341. The summed E-state index contributed by atoms with van der Waals surface area (Å²) in [5.74, 6) is 0. The second-order valence-corrected chi connectivity index (χ2v) is 2.61. The zero-order valence-corrected chi connectivity index (χ0v) is 6.84. The van der Waals surface area contributed by atoms with Crippen molar-refractivity contribution in [2.45, 2.75) is 19.1 Å². The lowest BCUT2D eigenvalue weighted by Crippen LogP contribution is -2.12. The van der Waals surface area contributed by atoms with Crippen LogP contribution >= 0.6 is 0 Å². The van der Waals surface area contributed by atoms with E-state index in [-0.39, 0.29) is 0 Å². The Balaban J connectivity index is 2.94. The Morgan fingerprint density at radius 3 is 2.23 bits per heavy atom. The van der Waals surface area contributed by atoms with Crippen molar-refractivity contribution in [2.75, 3.05) is 0 Å². The van der Waals surface area contributed by atoms with E-state index in [2.05, 4.69) is 9.97 Å². The van der Waals surface area contributed by atoms with Crippen molar-refractivity contribution in [3.05, 3.63) is 23.8 Å². The molecule has 3 nitrogen and oxygen atoms in total. The van der Waals surface area contributed by atoms with E-state index >= 15 is 0 Å². The lowest BCUT2D eigenvalue weighted by Gasteiger charge is -2.07. The monoisotopic (exact) mass is 191 g/mol. The van der Waals surface area contributed by atoms with Crippen molar-refractivity contribution < 1.29 is 13.2 Å². The maximum absolute atomic E-state index is 12.0. The molecule has 1 atom stereocenters. The lowest BCUT2D eigenvalue weighted by molar-refractivity contribution is -0.141. The molecule has 0 aliphatic rings. The second-order valence-electron chi connectivity index (χ2n) is 2.61. The maximum atomic E-state index is 12.0. The third-order valence-electron chi connectivity index (χ3n) is 1.43. The van der Waals surface area contributed by atoms with Crippen molar-refractivity contribution in [3.63, 3.8) is 0 Å². The van der Waals surface area contributed by atoms with E-state index in [9.17, 15) is 13.2 Å². The summed E-state index contributed by atoms with van der Waals surface area (Å²) in [4.78, 5) is 6.74. The van der Waals surface area contributed by atoms with Gasteiger partial charge in [0.05, 0.1) is 18.1 Å². The molecular weight excluding hydrogens is 183 g/mol. The van der Waals surface area contributed by atoms with E-state index in [0.717, 1.165) is 6.20 Å². The molecule has 0 spiro atoms. The zero-order chi connectivity index (χ0) is 10.1. The van der Waals surface area contributed by atoms with Crippen molar-refractivity contribution in [2.24, 2.45) is 5.73 Å². The average molecular weight is 191 g/mol. The predicted octanol–water partition coefficient (Wildman–Crippen LogP) is 1.52. The molecule has 6 heteroatoms. The standard InChI is InChI=1S/C7H8F3N3/c1-4(11)5-2-13-6(3-12-5)7(8,9)10/h2-4H,11H2,1H3/t4-/m1/s1. The Morgan fingerprint density at radius 2 is 1.92 bits per heavy atom. The predicted molar refractivity (Wildman–Crippen MR) is 39.6 cm³/mol. The molecule has 1 aromatic heterocycles. The van der Waals surface area contributed by atoms with Gasteiger partial charge in [0.2, 0.25) is 0 Å². The van der Waals surface area contributed by atoms with Gasteiger partial charge in [-0.15, -0.1) is 0 Å². The molecule has 1 rings (SSSR count). The lowest BCUT2D eigenvalue weighted by atomic mass is 10.2. The molecule has 1 aromatic rings. The highest BCUT2D eigenvalue weighted by atomic mass is 19.4. The van der Waals surface area contributed by atoms with Crippen LogP contribution in [0.4, 0.5) is 13.2 Å². The van der Waals surface area contributed by atoms with E-state index in [4.69, 9.17) is 5.73 Å². The Hall–Kier alpha value is -1.17. The average Bonchev–Trinajstić information content (AvgIpc) is 2.03. The minimum atomic E-state index is -4.44. The summed E-state index contributed by atoms with van der Waals surface area (Å²) in [7, 11) is 0. The van der Waals surface area contributed by atoms with Crippen LogP contribution in [0.1, 0.15) is 24.4 Å². The van der Waals surface area contributed by atoms with E-state index in [1.54, 1.807) is 6.92 Å². The van der Waals surface area contributed by atoms with E-state index in [1.807, 2.05) is 0 Å². The first-order chi connectivity index (χ1) is 5.91. The minimum Gasteiger partial charge on any atom is -0.323 e. The Labute approximate surface area is 72.8 Å². The maximum Gasteiger partial charge on any atom is 0.434 e. The summed E-state index contributed by atoms with van der Waals surface area (Å²) in [6.07, 6.45) is -2.73. The number of halogens is 3. The zero-order valence-electron chi connectivity index (χ0n) is 6.84. The highest BCUT2D eigenvalue weighted by Gasteiger charge is 2.32. The first kappa shape index (κ1) is 9.91. The number of hydrogen-bond acceptors (Lipinski definition) is 3. The topological polar surface area (TPSA) is 51.8 Å². The molecule has 72 valence electrons. The van der Waals surface area contributed by atoms with Crippen molar-refractivity contribution in [1.29, 1.82) is 0 Å². The highest BCUT2D eigenvalue weighted by molar-refractivity contribution is 5.07. The molecule has 0 aliphatic carbocycles. The molecule has 0 saturated carbocycles. The van der Waals surface area contributed by atoms with Crippen LogP contribution in [0, 0.1) is 0 Å². The Kier molecular flexibility index (Phi) is 2.51. The van der Waals surface area contributed by atoms with Crippen molar-refractivity contribution in [1.82, 2.24) is 9.97 Å². The van der Waals surface area contributed by atoms with Gasteiger partial charge in [0, 0.05) is 6.04 Å². The number of nitrogens with zero attached hydrogens (tertiary/aromatic N) is 2. The van der Waals surface area contributed by atoms with Crippen LogP contribution < -0.4 is 5.73 Å². The SMILES string of the molecule is C[C@@H](N)c1cnc(C(F)(F)F)cn1. The molecule has 0 bridgehead atoms. The smallest absolute Gasteiger partial charge is 0.323 e. The summed E-state index contributed by atoms with van der Waals surface area (Å²) in [6.45, 7) is 1.62. The molecule has 0 amide bonds. The van der Waals surface area contributed by atoms with Gasteiger partial charge in [-0.05, 0) is 6.92 Å². The summed E-state index contributed by atoms with van der Waals surface area (Å²) in [6, 6.07) is -0.408. The third kappa shape index (κ3) is 2.38. The van der Waals surface area contributed by atoms with Gasteiger partial charge < -0.3 is 5.73 Å². The van der Waals surface area contributed by atoms with Gasteiger partial charge in [-0.25, -0.2) is 4.98 Å². The Morgan fingerprint density at radius 1 is 1.31 bits per heavy atom. The molecule has 2 N–H and O–H groups in total. The molecule has 0 aliphatic heterocycles. The molecule has 1 heterocycles. The highest BCUT2D eigenvalue weighted by Crippen LogP contribution is 2.26. The number of rotatable bonds is 1. The van der Waals surface area contributed by atoms with Gasteiger partial charge in [-0.2, -0.15) is 13.2 Å². The van der Waals surface area contributed by atoms with E-state index < -0.39 is 17.9 Å².